The average Bonchev–Trinajstić information content (AvgIpc) is 2.61. The summed E-state index contributed by atoms with van der Waals surface area (Å²) in [6.45, 7) is 4.73. The van der Waals surface area contributed by atoms with E-state index in [0.29, 0.717) is 17.1 Å². The number of carbonyl (C=O) groups is 1. The topological polar surface area (TPSA) is 42.0 Å². The summed E-state index contributed by atoms with van der Waals surface area (Å²) < 4.78 is 0. The van der Waals surface area contributed by atoms with Crippen LogP contribution < -0.4 is 5.32 Å². The molecule has 1 amide bonds. The standard InChI is InChI=1S/C21H21ClN2O/c1-3-4-12-23-21(25)19-14(2)20(15-8-7-9-16(22)13-15)24-18-11-6-5-10-17(18)19/h5-11,13H,3-4,12H2,1-2H3,(H,23,25). The Bertz CT molecular complexity index is 921. The first-order valence-electron chi connectivity index (χ1n) is 8.55. The van der Waals surface area contributed by atoms with Gasteiger partial charge in [0.15, 0.2) is 0 Å². The fourth-order valence-corrected chi connectivity index (χ4v) is 3.17. The lowest BCUT2D eigenvalue weighted by Crippen LogP contribution is -2.25. The number of aromatic nitrogens is 1. The highest BCUT2D eigenvalue weighted by Gasteiger charge is 2.18. The maximum atomic E-state index is 12.8. The molecule has 0 bridgehead atoms. The molecule has 0 spiro atoms. The minimum atomic E-state index is -0.0483. The van der Waals surface area contributed by atoms with Gasteiger partial charge in [0.25, 0.3) is 5.91 Å². The van der Waals surface area contributed by atoms with E-state index in [4.69, 9.17) is 16.6 Å². The van der Waals surface area contributed by atoms with Crippen molar-refractivity contribution in [2.75, 3.05) is 6.54 Å². The molecule has 3 aromatic rings. The monoisotopic (exact) mass is 352 g/mol. The first kappa shape index (κ1) is 17.4. The number of carbonyl (C=O) groups excluding carboxylic acids is 1. The molecule has 0 radical (unpaired) electrons. The number of hydrogen-bond donors (Lipinski definition) is 1. The zero-order chi connectivity index (χ0) is 17.8. The van der Waals surface area contributed by atoms with Gasteiger partial charge in [-0.05, 0) is 37.1 Å². The predicted molar refractivity (Wildman–Crippen MR) is 104 cm³/mol. The highest BCUT2D eigenvalue weighted by Crippen LogP contribution is 2.30. The van der Waals surface area contributed by atoms with Crippen LogP contribution in [0.1, 0.15) is 35.7 Å². The van der Waals surface area contributed by atoms with Crippen LogP contribution in [0.2, 0.25) is 5.02 Å². The van der Waals surface area contributed by atoms with Gasteiger partial charge in [-0.1, -0.05) is 55.3 Å². The molecule has 3 rings (SSSR count). The second-order valence-electron chi connectivity index (χ2n) is 6.10. The maximum absolute atomic E-state index is 12.8. The van der Waals surface area contributed by atoms with E-state index in [0.717, 1.165) is 40.6 Å². The van der Waals surface area contributed by atoms with Crippen molar-refractivity contribution in [2.24, 2.45) is 0 Å². The quantitative estimate of drug-likeness (QED) is 0.625. The van der Waals surface area contributed by atoms with Crippen LogP contribution in [0.15, 0.2) is 48.5 Å². The number of nitrogens with zero attached hydrogens (tertiary/aromatic N) is 1. The van der Waals surface area contributed by atoms with Gasteiger partial charge < -0.3 is 5.32 Å². The van der Waals surface area contributed by atoms with Gasteiger partial charge in [-0.15, -0.1) is 0 Å². The molecular formula is C21H21ClN2O. The number of para-hydroxylation sites is 1. The lowest BCUT2D eigenvalue weighted by Gasteiger charge is -2.15. The molecule has 0 fully saturated rings. The van der Waals surface area contributed by atoms with Crippen molar-refractivity contribution in [3.8, 4) is 11.3 Å². The molecule has 0 aliphatic heterocycles. The second-order valence-corrected chi connectivity index (χ2v) is 6.53. The van der Waals surface area contributed by atoms with Gasteiger partial charge in [0.1, 0.15) is 0 Å². The highest BCUT2D eigenvalue weighted by molar-refractivity contribution is 6.30. The molecule has 0 saturated carbocycles. The molecule has 1 N–H and O–H groups in total. The zero-order valence-electron chi connectivity index (χ0n) is 14.5. The Morgan fingerprint density at radius 1 is 1.16 bits per heavy atom. The molecule has 1 heterocycles. The number of hydrogen-bond acceptors (Lipinski definition) is 2. The SMILES string of the molecule is CCCCNC(=O)c1c(C)c(-c2cccc(Cl)c2)nc2ccccc12. The van der Waals surface area contributed by atoms with E-state index in [-0.39, 0.29) is 5.91 Å². The van der Waals surface area contributed by atoms with Crippen molar-refractivity contribution < 1.29 is 4.79 Å². The van der Waals surface area contributed by atoms with Gasteiger partial charge in [-0.3, -0.25) is 4.79 Å². The Hall–Kier alpha value is -2.39. The van der Waals surface area contributed by atoms with Crippen molar-refractivity contribution in [3.63, 3.8) is 0 Å². The first-order valence-corrected chi connectivity index (χ1v) is 8.93. The number of fused-ring (bicyclic) bond motifs is 1. The van der Waals surface area contributed by atoms with Crippen LogP contribution in [0.3, 0.4) is 0 Å². The number of amides is 1. The minimum Gasteiger partial charge on any atom is -0.352 e. The summed E-state index contributed by atoms with van der Waals surface area (Å²) in [6, 6.07) is 15.3. The van der Waals surface area contributed by atoms with E-state index in [1.54, 1.807) is 0 Å². The molecule has 4 heteroatoms. The fourth-order valence-electron chi connectivity index (χ4n) is 2.98. The number of nitrogens with one attached hydrogen (secondary N) is 1. The summed E-state index contributed by atoms with van der Waals surface area (Å²) >= 11 is 6.15. The third-order valence-electron chi connectivity index (χ3n) is 4.28. The highest BCUT2D eigenvalue weighted by atomic mass is 35.5. The molecule has 2 aromatic carbocycles. The van der Waals surface area contributed by atoms with E-state index >= 15 is 0 Å². The molecule has 3 nitrogen and oxygen atoms in total. The van der Waals surface area contributed by atoms with Crippen LogP contribution in [-0.4, -0.2) is 17.4 Å². The smallest absolute Gasteiger partial charge is 0.252 e. The van der Waals surface area contributed by atoms with Crippen molar-refractivity contribution >= 4 is 28.4 Å². The van der Waals surface area contributed by atoms with E-state index in [2.05, 4.69) is 12.2 Å². The number of halogens is 1. The molecular weight excluding hydrogens is 332 g/mol. The van der Waals surface area contributed by atoms with Crippen LogP contribution >= 0.6 is 11.6 Å². The molecule has 128 valence electrons. The Morgan fingerprint density at radius 2 is 1.96 bits per heavy atom. The summed E-state index contributed by atoms with van der Waals surface area (Å²) in [7, 11) is 0. The van der Waals surface area contributed by atoms with Gasteiger partial charge >= 0.3 is 0 Å². The summed E-state index contributed by atoms with van der Waals surface area (Å²) in [6.07, 6.45) is 2.01. The van der Waals surface area contributed by atoms with E-state index < -0.39 is 0 Å². The van der Waals surface area contributed by atoms with Crippen molar-refractivity contribution in [2.45, 2.75) is 26.7 Å². The zero-order valence-corrected chi connectivity index (χ0v) is 15.2. The van der Waals surface area contributed by atoms with Crippen molar-refractivity contribution in [3.05, 3.63) is 64.7 Å². The largest absolute Gasteiger partial charge is 0.352 e. The molecule has 0 aliphatic rings. The third-order valence-corrected chi connectivity index (χ3v) is 4.51. The van der Waals surface area contributed by atoms with Crippen LogP contribution in [0, 0.1) is 6.92 Å². The summed E-state index contributed by atoms with van der Waals surface area (Å²) in [4.78, 5) is 17.6. The molecule has 1 aromatic heterocycles. The Labute approximate surface area is 153 Å². The van der Waals surface area contributed by atoms with Gasteiger partial charge in [0, 0.05) is 22.5 Å². The number of unbranched alkanes of at least 4 members (excludes halogenated alkanes) is 1. The lowest BCUT2D eigenvalue weighted by molar-refractivity contribution is 0.0954. The van der Waals surface area contributed by atoms with Crippen molar-refractivity contribution in [1.29, 1.82) is 0 Å². The number of pyridine rings is 1. The summed E-state index contributed by atoms with van der Waals surface area (Å²) in [5, 5.41) is 4.56. The van der Waals surface area contributed by atoms with Crippen LogP contribution in [0.5, 0.6) is 0 Å². The maximum Gasteiger partial charge on any atom is 0.252 e. The van der Waals surface area contributed by atoms with Gasteiger partial charge in [-0.2, -0.15) is 0 Å². The van der Waals surface area contributed by atoms with E-state index in [1.165, 1.54) is 0 Å². The minimum absolute atomic E-state index is 0.0483. The molecule has 0 unspecified atom stereocenters. The summed E-state index contributed by atoms with van der Waals surface area (Å²) in [5.41, 5.74) is 4.08. The fraction of sp³-hybridized carbons (Fsp3) is 0.238. The molecule has 0 saturated heterocycles. The van der Waals surface area contributed by atoms with Crippen LogP contribution in [0.25, 0.3) is 22.2 Å². The Morgan fingerprint density at radius 3 is 2.72 bits per heavy atom. The molecule has 0 aliphatic carbocycles. The van der Waals surface area contributed by atoms with E-state index in [9.17, 15) is 4.79 Å². The normalized spacial score (nSPS) is 10.8. The van der Waals surface area contributed by atoms with Crippen LogP contribution in [-0.2, 0) is 0 Å². The predicted octanol–water partition coefficient (Wildman–Crippen LogP) is 5.39. The Balaban J connectivity index is 2.17. The Kier molecular flexibility index (Phi) is 5.34. The average molecular weight is 353 g/mol. The van der Waals surface area contributed by atoms with Crippen molar-refractivity contribution in [1.82, 2.24) is 10.3 Å². The van der Waals surface area contributed by atoms with Crippen LogP contribution in [0.4, 0.5) is 0 Å². The molecule has 25 heavy (non-hydrogen) atoms. The van der Waals surface area contributed by atoms with E-state index in [1.807, 2.05) is 55.5 Å². The lowest BCUT2D eigenvalue weighted by atomic mass is 9.97. The molecule has 0 atom stereocenters. The number of benzene rings is 2. The van der Waals surface area contributed by atoms with Gasteiger partial charge in [-0.25, -0.2) is 4.98 Å². The third kappa shape index (κ3) is 3.67. The number of rotatable bonds is 5. The van der Waals surface area contributed by atoms with Gasteiger partial charge in [0.05, 0.1) is 16.8 Å². The summed E-state index contributed by atoms with van der Waals surface area (Å²) in [5.74, 6) is -0.0483. The first-order chi connectivity index (χ1) is 12.1. The second kappa shape index (κ2) is 7.66. The van der Waals surface area contributed by atoms with Gasteiger partial charge in [0.2, 0.25) is 0 Å².